The van der Waals surface area contributed by atoms with Crippen LogP contribution in [-0.2, 0) is 4.74 Å². The average molecular weight is 258 g/mol. The molecule has 0 saturated carbocycles. The molecule has 1 fully saturated rings. The third kappa shape index (κ3) is 5.25. The van der Waals surface area contributed by atoms with Crippen LogP contribution >= 0.6 is 0 Å². The van der Waals surface area contributed by atoms with Crippen LogP contribution in [0.15, 0.2) is 0 Å². The zero-order chi connectivity index (χ0) is 13.4. The number of hydrogen-bond donors (Lipinski definition) is 2. The van der Waals surface area contributed by atoms with E-state index in [1.807, 2.05) is 6.92 Å². The molecule has 3 nitrogen and oxygen atoms in total. The van der Waals surface area contributed by atoms with Crippen LogP contribution in [0.3, 0.4) is 0 Å². The Bertz CT molecular complexity index is 208. The van der Waals surface area contributed by atoms with Crippen LogP contribution in [-0.4, -0.2) is 34.6 Å². The summed E-state index contributed by atoms with van der Waals surface area (Å²) < 4.78 is 5.99. The molecule has 0 amide bonds. The van der Waals surface area contributed by atoms with Crippen molar-refractivity contribution >= 4 is 0 Å². The van der Waals surface area contributed by atoms with Gasteiger partial charge >= 0.3 is 0 Å². The topological polar surface area (TPSA) is 49.7 Å². The minimum absolute atomic E-state index is 0.0887. The van der Waals surface area contributed by atoms with E-state index in [0.717, 1.165) is 44.9 Å². The van der Waals surface area contributed by atoms with E-state index >= 15 is 0 Å². The number of aliphatic hydroxyl groups excluding tert-OH is 2. The summed E-state index contributed by atoms with van der Waals surface area (Å²) in [5.74, 6) is 0. The maximum atomic E-state index is 10.2. The summed E-state index contributed by atoms with van der Waals surface area (Å²) in [4.78, 5) is 0. The SMILES string of the molecule is CCCCC[C@@H]1O[C@@H](CC)C(O)CCCCC1O. The Kier molecular flexibility index (Phi) is 7.87. The molecule has 0 aliphatic carbocycles. The van der Waals surface area contributed by atoms with E-state index < -0.39 is 0 Å². The van der Waals surface area contributed by atoms with Crippen LogP contribution < -0.4 is 0 Å². The van der Waals surface area contributed by atoms with E-state index in [1.165, 1.54) is 12.8 Å². The predicted octanol–water partition coefficient (Wildman–Crippen LogP) is 3.03. The van der Waals surface area contributed by atoms with E-state index in [-0.39, 0.29) is 24.4 Å². The summed E-state index contributed by atoms with van der Waals surface area (Å²) in [6.07, 6.45) is 7.86. The first-order valence-electron chi connectivity index (χ1n) is 7.70. The highest BCUT2D eigenvalue weighted by Crippen LogP contribution is 2.23. The van der Waals surface area contributed by atoms with Crippen molar-refractivity contribution in [2.45, 2.75) is 96.1 Å². The maximum Gasteiger partial charge on any atom is 0.0839 e. The lowest BCUT2D eigenvalue weighted by molar-refractivity contribution is -0.118. The van der Waals surface area contributed by atoms with Crippen molar-refractivity contribution in [1.29, 1.82) is 0 Å². The summed E-state index contributed by atoms with van der Waals surface area (Å²) in [6.45, 7) is 4.22. The molecule has 1 saturated heterocycles. The molecule has 4 atom stereocenters. The maximum absolute atomic E-state index is 10.2. The monoisotopic (exact) mass is 258 g/mol. The molecule has 2 unspecified atom stereocenters. The summed E-state index contributed by atoms with van der Waals surface area (Å²) >= 11 is 0. The quantitative estimate of drug-likeness (QED) is 0.745. The van der Waals surface area contributed by atoms with Crippen molar-refractivity contribution in [1.82, 2.24) is 0 Å². The molecule has 1 aliphatic rings. The molecule has 1 aliphatic heterocycles. The van der Waals surface area contributed by atoms with Gasteiger partial charge in [0.2, 0.25) is 0 Å². The Morgan fingerprint density at radius 1 is 0.944 bits per heavy atom. The molecule has 2 N–H and O–H groups in total. The summed E-state index contributed by atoms with van der Waals surface area (Å²) in [5, 5.41) is 20.3. The summed E-state index contributed by atoms with van der Waals surface area (Å²) in [6, 6.07) is 0. The number of aliphatic hydroxyl groups is 2. The van der Waals surface area contributed by atoms with Gasteiger partial charge in [-0.15, -0.1) is 0 Å². The molecule has 0 spiro atoms. The van der Waals surface area contributed by atoms with Gasteiger partial charge in [0.1, 0.15) is 0 Å². The molecule has 18 heavy (non-hydrogen) atoms. The highest BCUT2D eigenvalue weighted by atomic mass is 16.5. The summed E-state index contributed by atoms with van der Waals surface area (Å²) in [7, 11) is 0. The lowest BCUT2D eigenvalue weighted by atomic mass is 10.0. The molecular formula is C15H30O3. The first-order chi connectivity index (χ1) is 8.69. The smallest absolute Gasteiger partial charge is 0.0839 e. The predicted molar refractivity (Wildman–Crippen MR) is 73.6 cm³/mol. The minimum Gasteiger partial charge on any atom is -0.390 e. The van der Waals surface area contributed by atoms with Gasteiger partial charge in [-0.3, -0.25) is 0 Å². The Hall–Kier alpha value is -0.120. The van der Waals surface area contributed by atoms with Crippen molar-refractivity contribution in [2.24, 2.45) is 0 Å². The molecule has 108 valence electrons. The molecule has 3 heteroatoms. The zero-order valence-electron chi connectivity index (χ0n) is 12.0. The van der Waals surface area contributed by atoms with E-state index in [2.05, 4.69) is 6.92 Å². The Balaban J connectivity index is 2.56. The van der Waals surface area contributed by atoms with Gasteiger partial charge in [-0.1, -0.05) is 46.0 Å². The minimum atomic E-state index is -0.367. The van der Waals surface area contributed by atoms with Crippen molar-refractivity contribution in [3.8, 4) is 0 Å². The van der Waals surface area contributed by atoms with E-state index in [0.29, 0.717) is 0 Å². The van der Waals surface area contributed by atoms with Crippen LogP contribution in [0.1, 0.15) is 71.6 Å². The molecule has 0 radical (unpaired) electrons. The largest absolute Gasteiger partial charge is 0.390 e. The van der Waals surface area contributed by atoms with Gasteiger partial charge in [0.15, 0.2) is 0 Å². The molecule has 0 aromatic rings. The number of ether oxygens (including phenoxy) is 1. The van der Waals surface area contributed by atoms with Crippen molar-refractivity contribution in [2.75, 3.05) is 0 Å². The van der Waals surface area contributed by atoms with Crippen LogP contribution in [0.25, 0.3) is 0 Å². The third-order valence-electron chi connectivity index (χ3n) is 3.95. The second kappa shape index (κ2) is 8.89. The van der Waals surface area contributed by atoms with Crippen LogP contribution in [0.2, 0.25) is 0 Å². The van der Waals surface area contributed by atoms with Crippen molar-refractivity contribution in [3.63, 3.8) is 0 Å². The van der Waals surface area contributed by atoms with Gasteiger partial charge in [0.05, 0.1) is 24.4 Å². The zero-order valence-corrected chi connectivity index (χ0v) is 12.0. The first kappa shape index (κ1) is 15.9. The lowest BCUT2D eigenvalue weighted by Gasteiger charge is -2.29. The Labute approximate surface area is 112 Å². The lowest BCUT2D eigenvalue weighted by Crippen LogP contribution is -2.37. The number of hydrogen-bond acceptors (Lipinski definition) is 3. The van der Waals surface area contributed by atoms with Crippen LogP contribution in [0.5, 0.6) is 0 Å². The third-order valence-corrected chi connectivity index (χ3v) is 3.95. The van der Waals surface area contributed by atoms with E-state index in [9.17, 15) is 10.2 Å². The molecule has 0 bridgehead atoms. The number of unbranched alkanes of at least 4 members (excludes halogenated alkanes) is 2. The molecular weight excluding hydrogens is 228 g/mol. The van der Waals surface area contributed by atoms with Gasteiger partial charge in [0.25, 0.3) is 0 Å². The highest BCUT2D eigenvalue weighted by molar-refractivity contribution is 4.77. The van der Waals surface area contributed by atoms with Gasteiger partial charge in [-0.05, 0) is 25.7 Å². The fourth-order valence-corrected chi connectivity index (χ4v) is 2.71. The van der Waals surface area contributed by atoms with Gasteiger partial charge in [-0.2, -0.15) is 0 Å². The molecule has 1 heterocycles. The molecule has 0 aromatic carbocycles. The van der Waals surface area contributed by atoms with Gasteiger partial charge < -0.3 is 14.9 Å². The second-order valence-electron chi connectivity index (χ2n) is 5.54. The van der Waals surface area contributed by atoms with Crippen LogP contribution in [0, 0.1) is 0 Å². The number of rotatable bonds is 5. The molecule has 1 rings (SSSR count). The first-order valence-corrected chi connectivity index (χ1v) is 7.70. The Morgan fingerprint density at radius 3 is 2.11 bits per heavy atom. The van der Waals surface area contributed by atoms with Gasteiger partial charge in [-0.25, -0.2) is 0 Å². The summed E-state index contributed by atoms with van der Waals surface area (Å²) in [5.41, 5.74) is 0. The van der Waals surface area contributed by atoms with E-state index in [4.69, 9.17) is 4.74 Å². The van der Waals surface area contributed by atoms with Crippen LogP contribution in [0.4, 0.5) is 0 Å². The normalized spacial score (nSPS) is 34.7. The standard InChI is InChI=1S/C15H30O3/c1-3-5-6-11-15-13(17)10-8-7-9-12(16)14(4-2)18-15/h12-17H,3-11H2,1-2H3/t12?,13?,14-,15-/m0/s1. The fourth-order valence-electron chi connectivity index (χ4n) is 2.71. The van der Waals surface area contributed by atoms with Gasteiger partial charge in [0, 0.05) is 0 Å². The second-order valence-corrected chi connectivity index (χ2v) is 5.54. The van der Waals surface area contributed by atoms with Crippen molar-refractivity contribution in [3.05, 3.63) is 0 Å². The molecule has 0 aromatic heterocycles. The Morgan fingerprint density at radius 2 is 1.56 bits per heavy atom. The fraction of sp³-hybridized carbons (Fsp3) is 1.00. The highest BCUT2D eigenvalue weighted by Gasteiger charge is 2.28. The van der Waals surface area contributed by atoms with Crippen molar-refractivity contribution < 1.29 is 14.9 Å². The van der Waals surface area contributed by atoms with E-state index in [1.54, 1.807) is 0 Å². The average Bonchev–Trinajstić information content (AvgIpc) is 2.43.